The summed E-state index contributed by atoms with van der Waals surface area (Å²) in [5.74, 6) is -1.04. The minimum atomic E-state index is -0.748. The van der Waals surface area contributed by atoms with Crippen LogP contribution in [-0.4, -0.2) is 49.5 Å². The lowest BCUT2D eigenvalue weighted by molar-refractivity contribution is -0.142. The molecule has 26 heavy (non-hydrogen) atoms. The Kier molecular flexibility index (Phi) is 6.21. The van der Waals surface area contributed by atoms with Gasteiger partial charge in [0.05, 0.1) is 30.5 Å². The summed E-state index contributed by atoms with van der Waals surface area (Å²) in [6.45, 7) is 2.83. The van der Waals surface area contributed by atoms with Crippen LogP contribution in [0.3, 0.4) is 0 Å². The number of carbonyl (C=O) groups excluding carboxylic acids is 1. The molecule has 8 heteroatoms. The van der Waals surface area contributed by atoms with E-state index in [-0.39, 0.29) is 18.0 Å². The third kappa shape index (κ3) is 4.80. The maximum Gasteiger partial charge on any atom is 0.319 e. The number of amides is 2. The van der Waals surface area contributed by atoms with Crippen LogP contribution in [0.15, 0.2) is 18.2 Å². The summed E-state index contributed by atoms with van der Waals surface area (Å²) in [6, 6.07) is 5.16. The molecule has 1 saturated carbocycles. The number of benzene rings is 1. The fraction of sp³-hybridized carbons (Fsp3) is 0.556. The highest BCUT2D eigenvalue weighted by molar-refractivity contribution is 6.31. The van der Waals surface area contributed by atoms with Crippen LogP contribution in [0.2, 0.25) is 5.02 Å². The molecular weight excluding hydrogens is 358 g/mol. The molecule has 0 bridgehead atoms. The molecule has 1 aromatic carbocycles. The van der Waals surface area contributed by atoms with Crippen LogP contribution in [0.25, 0.3) is 0 Å². The summed E-state index contributed by atoms with van der Waals surface area (Å²) >= 11 is 6.11. The van der Waals surface area contributed by atoms with Crippen LogP contribution < -0.4 is 15.5 Å². The van der Waals surface area contributed by atoms with E-state index < -0.39 is 5.97 Å². The van der Waals surface area contributed by atoms with Crippen molar-refractivity contribution in [2.24, 2.45) is 5.92 Å². The summed E-state index contributed by atoms with van der Waals surface area (Å²) < 4.78 is 5.38. The van der Waals surface area contributed by atoms with Crippen molar-refractivity contribution in [1.82, 2.24) is 5.32 Å². The Labute approximate surface area is 157 Å². The third-order valence-electron chi connectivity index (χ3n) is 4.97. The Balaban J connectivity index is 1.60. The zero-order valence-electron chi connectivity index (χ0n) is 14.5. The molecule has 1 aliphatic carbocycles. The van der Waals surface area contributed by atoms with Crippen LogP contribution in [0.5, 0.6) is 0 Å². The predicted molar refractivity (Wildman–Crippen MR) is 100 cm³/mol. The molecule has 0 spiro atoms. The van der Waals surface area contributed by atoms with E-state index in [0.717, 1.165) is 18.8 Å². The minimum Gasteiger partial charge on any atom is -0.481 e. The van der Waals surface area contributed by atoms with E-state index in [2.05, 4.69) is 15.5 Å². The number of carboxylic acids is 1. The lowest BCUT2D eigenvalue weighted by atomic mass is 9.86. The number of hydrogen-bond acceptors (Lipinski definition) is 4. The standard InChI is InChI=1S/C18H24ClN3O4/c19-13-3-6-16(22-7-9-26-10-8-22)15(11-13)21-18(25)20-14-4-1-12(2-5-14)17(23)24/h3,6,11-12,14H,1-2,4-5,7-10H2,(H,23,24)(H2,20,21,25). The average Bonchev–Trinajstić information content (AvgIpc) is 2.63. The molecule has 2 aliphatic rings. The predicted octanol–water partition coefficient (Wildman–Crippen LogP) is 2.94. The Morgan fingerprint density at radius 2 is 1.85 bits per heavy atom. The summed E-state index contributed by atoms with van der Waals surface area (Å²) in [5.41, 5.74) is 1.58. The number of halogens is 1. The summed E-state index contributed by atoms with van der Waals surface area (Å²) in [5, 5.41) is 15.5. The van der Waals surface area contributed by atoms with Crippen molar-refractivity contribution >= 4 is 35.0 Å². The van der Waals surface area contributed by atoms with Gasteiger partial charge in [0.2, 0.25) is 0 Å². The zero-order valence-corrected chi connectivity index (χ0v) is 15.3. The molecule has 0 atom stereocenters. The van der Waals surface area contributed by atoms with Gasteiger partial charge in [-0.05, 0) is 43.9 Å². The van der Waals surface area contributed by atoms with Gasteiger partial charge in [-0.1, -0.05) is 11.6 Å². The van der Waals surface area contributed by atoms with Crippen LogP contribution in [-0.2, 0) is 9.53 Å². The molecule has 1 aromatic rings. The molecule has 1 aliphatic heterocycles. The monoisotopic (exact) mass is 381 g/mol. The summed E-state index contributed by atoms with van der Waals surface area (Å²) in [4.78, 5) is 25.6. The van der Waals surface area contributed by atoms with Crippen LogP contribution in [0, 0.1) is 5.92 Å². The largest absolute Gasteiger partial charge is 0.481 e. The molecule has 7 nitrogen and oxygen atoms in total. The average molecular weight is 382 g/mol. The van der Waals surface area contributed by atoms with Crippen LogP contribution in [0.1, 0.15) is 25.7 Å². The molecule has 0 radical (unpaired) electrons. The van der Waals surface area contributed by atoms with Gasteiger partial charge in [0.25, 0.3) is 0 Å². The number of nitrogens with one attached hydrogen (secondary N) is 2. The first-order valence-electron chi connectivity index (χ1n) is 8.95. The molecular formula is C18H24ClN3O4. The Morgan fingerprint density at radius 3 is 2.50 bits per heavy atom. The van der Waals surface area contributed by atoms with E-state index >= 15 is 0 Å². The first kappa shape index (κ1) is 18.8. The number of nitrogens with zero attached hydrogens (tertiary/aromatic N) is 1. The fourth-order valence-corrected chi connectivity index (χ4v) is 3.69. The molecule has 1 heterocycles. The maximum absolute atomic E-state index is 12.4. The number of carboxylic acid groups (broad SMARTS) is 1. The van der Waals surface area contributed by atoms with Gasteiger partial charge < -0.3 is 25.4 Å². The van der Waals surface area contributed by atoms with E-state index in [4.69, 9.17) is 21.4 Å². The van der Waals surface area contributed by atoms with Crippen LogP contribution in [0.4, 0.5) is 16.2 Å². The van der Waals surface area contributed by atoms with Crippen molar-refractivity contribution in [2.75, 3.05) is 36.5 Å². The maximum atomic E-state index is 12.4. The number of ether oxygens (including phenoxy) is 1. The molecule has 2 amide bonds. The van der Waals surface area contributed by atoms with E-state index in [0.29, 0.717) is 49.6 Å². The van der Waals surface area contributed by atoms with Crippen molar-refractivity contribution in [2.45, 2.75) is 31.7 Å². The number of anilines is 2. The Morgan fingerprint density at radius 1 is 1.15 bits per heavy atom. The van der Waals surface area contributed by atoms with Gasteiger partial charge in [-0.25, -0.2) is 4.79 Å². The lowest BCUT2D eigenvalue weighted by Gasteiger charge is -2.31. The van der Waals surface area contributed by atoms with E-state index in [1.807, 2.05) is 12.1 Å². The first-order chi connectivity index (χ1) is 12.5. The topological polar surface area (TPSA) is 90.9 Å². The Bertz CT molecular complexity index is 656. The highest BCUT2D eigenvalue weighted by atomic mass is 35.5. The number of carbonyl (C=O) groups is 2. The van der Waals surface area contributed by atoms with Crippen molar-refractivity contribution < 1.29 is 19.4 Å². The van der Waals surface area contributed by atoms with Crippen molar-refractivity contribution in [3.05, 3.63) is 23.2 Å². The van der Waals surface area contributed by atoms with Gasteiger partial charge in [-0.2, -0.15) is 0 Å². The van der Waals surface area contributed by atoms with Gasteiger partial charge >= 0.3 is 12.0 Å². The highest BCUT2D eigenvalue weighted by Crippen LogP contribution is 2.30. The van der Waals surface area contributed by atoms with E-state index in [9.17, 15) is 9.59 Å². The second-order valence-corrected chi connectivity index (χ2v) is 7.18. The third-order valence-corrected chi connectivity index (χ3v) is 5.21. The number of urea groups is 1. The number of rotatable bonds is 4. The first-order valence-corrected chi connectivity index (χ1v) is 9.33. The van der Waals surface area contributed by atoms with Crippen molar-refractivity contribution in [1.29, 1.82) is 0 Å². The van der Waals surface area contributed by atoms with Crippen molar-refractivity contribution in [3.63, 3.8) is 0 Å². The number of morpholine rings is 1. The number of hydrogen-bond donors (Lipinski definition) is 3. The summed E-state index contributed by atoms with van der Waals surface area (Å²) in [7, 11) is 0. The van der Waals surface area contributed by atoms with Gasteiger partial charge in [0.15, 0.2) is 0 Å². The van der Waals surface area contributed by atoms with E-state index in [1.54, 1.807) is 6.07 Å². The van der Waals surface area contributed by atoms with Crippen LogP contribution >= 0.6 is 11.6 Å². The molecule has 0 aromatic heterocycles. The van der Waals surface area contributed by atoms with Gasteiger partial charge in [0, 0.05) is 24.2 Å². The zero-order chi connectivity index (χ0) is 18.5. The van der Waals surface area contributed by atoms with Gasteiger partial charge in [-0.15, -0.1) is 0 Å². The number of aliphatic carboxylic acids is 1. The van der Waals surface area contributed by atoms with E-state index in [1.165, 1.54) is 0 Å². The SMILES string of the molecule is O=C(Nc1cc(Cl)ccc1N1CCOCC1)NC1CCC(C(=O)O)CC1. The Hall–Kier alpha value is -1.99. The molecule has 3 rings (SSSR count). The molecule has 1 saturated heterocycles. The molecule has 2 fully saturated rings. The molecule has 0 unspecified atom stereocenters. The lowest BCUT2D eigenvalue weighted by Crippen LogP contribution is -2.41. The molecule has 3 N–H and O–H groups in total. The van der Waals surface area contributed by atoms with Gasteiger partial charge in [-0.3, -0.25) is 4.79 Å². The minimum absolute atomic E-state index is 0.00313. The highest BCUT2D eigenvalue weighted by Gasteiger charge is 2.27. The van der Waals surface area contributed by atoms with Gasteiger partial charge in [0.1, 0.15) is 0 Å². The fourth-order valence-electron chi connectivity index (χ4n) is 3.52. The van der Waals surface area contributed by atoms with Crippen molar-refractivity contribution in [3.8, 4) is 0 Å². The molecule has 142 valence electrons. The smallest absolute Gasteiger partial charge is 0.319 e. The second-order valence-electron chi connectivity index (χ2n) is 6.75. The second kappa shape index (κ2) is 8.60. The summed E-state index contributed by atoms with van der Waals surface area (Å²) in [6.07, 6.45) is 2.54. The quantitative estimate of drug-likeness (QED) is 0.745. The normalized spacial score (nSPS) is 23.3.